The monoisotopic (exact) mass is 567 g/mol. The van der Waals surface area contributed by atoms with Crippen molar-refractivity contribution in [2.45, 2.75) is 109 Å². The Morgan fingerprint density at radius 2 is 1.65 bits per heavy atom. The lowest BCUT2D eigenvalue weighted by atomic mass is 10.1. The molecule has 2 saturated heterocycles. The molecule has 0 amide bonds. The van der Waals surface area contributed by atoms with Gasteiger partial charge in [0.05, 0.1) is 12.9 Å². The van der Waals surface area contributed by atoms with E-state index in [-0.39, 0.29) is 22.2 Å². The lowest BCUT2D eigenvalue weighted by Gasteiger charge is -2.51. The molecule has 2 aliphatic heterocycles. The van der Waals surface area contributed by atoms with Crippen LogP contribution in [-0.2, 0) is 22.4 Å². The van der Waals surface area contributed by atoms with Gasteiger partial charge in [0, 0.05) is 6.92 Å². The lowest BCUT2D eigenvalue weighted by Crippen LogP contribution is -2.66. The fourth-order valence-electron chi connectivity index (χ4n) is 5.72. The number of aromatic nitrogens is 4. The minimum atomic E-state index is -2.87. The SMILES string of the molecule is CC(=S)O[C@@H]1C2O[Si](C(C)C)(C(C)C)O[Si](C(C)C)(C(C)C)OC[C@H]2O[C@@H]1n1cnc2c(N)ncnc21. The van der Waals surface area contributed by atoms with E-state index >= 15 is 0 Å². The first-order valence-electron chi connectivity index (χ1n) is 13.1. The molecule has 0 aromatic carbocycles. The molecule has 10 nitrogen and oxygen atoms in total. The fourth-order valence-corrected chi connectivity index (χ4v) is 17.0. The summed E-state index contributed by atoms with van der Waals surface area (Å²) < 4.78 is 36.2. The highest BCUT2D eigenvalue weighted by molar-refractivity contribution is 7.80. The van der Waals surface area contributed by atoms with Crippen molar-refractivity contribution in [3.05, 3.63) is 12.7 Å². The zero-order valence-electron chi connectivity index (χ0n) is 23.3. The van der Waals surface area contributed by atoms with Gasteiger partial charge in [-0.05, 0) is 34.4 Å². The predicted octanol–water partition coefficient (Wildman–Crippen LogP) is 4.99. The quantitative estimate of drug-likeness (QED) is 0.378. The molecule has 13 heteroatoms. The van der Waals surface area contributed by atoms with Crippen LogP contribution in [0.2, 0.25) is 22.2 Å². The van der Waals surface area contributed by atoms with Gasteiger partial charge in [0.25, 0.3) is 0 Å². The van der Waals surface area contributed by atoms with E-state index in [1.807, 2.05) is 4.57 Å². The summed E-state index contributed by atoms with van der Waals surface area (Å²) in [6.07, 6.45) is 1.07. The van der Waals surface area contributed by atoms with Gasteiger partial charge in [0.15, 0.2) is 28.8 Å². The third-order valence-corrected chi connectivity index (χ3v) is 17.9. The smallest absolute Gasteiger partial charge is 0.335 e. The molecule has 4 rings (SSSR count). The maximum Gasteiger partial charge on any atom is 0.335 e. The average molecular weight is 568 g/mol. The molecule has 206 valence electrons. The van der Waals surface area contributed by atoms with Gasteiger partial charge >= 0.3 is 17.1 Å². The molecule has 37 heavy (non-hydrogen) atoms. The van der Waals surface area contributed by atoms with Gasteiger partial charge in [-0.2, -0.15) is 0 Å². The van der Waals surface area contributed by atoms with Crippen molar-refractivity contribution in [1.29, 1.82) is 0 Å². The molecule has 0 spiro atoms. The van der Waals surface area contributed by atoms with Gasteiger partial charge in [-0.1, -0.05) is 55.4 Å². The molecular weight excluding hydrogens is 527 g/mol. The van der Waals surface area contributed by atoms with E-state index in [1.54, 1.807) is 13.3 Å². The molecule has 0 saturated carbocycles. The third kappa shape index (κ3) is 4.87. The fraction of sp³-hybridized carbons (Fsp3) is 0.750. The number of fused-ring (bicyclic) bond motifs is 2. The summed E-state index contributed by atoms with van der Waals surface area (Å²) in [5.74, 6) is 0.305. The number of anilines is 1. The van der Waals surface area contributed by atoms with Crippen LogP contribution in [-0.4, -0.2) is 66.6 Å². The van der Waals surface area contributed by atoms with E-state index in [0.29, 0.717) is 28.6 Å². The highest BCUT2D eigenvalue weighted by Gasteiger charge is 2.62. The molecule has 2 aromatic rings. The van der Waals surface area contributed by atoms with E-state index in [2.05, 4.69) is 70.3 Å². The molecule has 0 bridgehead atoms. The van der Waals surface area contributed by atoms with Crippen LogP contribution in [0.4, 0.5) is 5.82 Å². The largest absolute Gasteiger partial charge is 0.477 e. The molecule has 0 aliphatic carbocycles. The van der Waals surface area contributed by atoms with Crippen LogP contribution in [0.25, 0.3) is 11.2 Å². The van der Waals surface area contributed by atoms with E-state index in [1.165, 1.54) is 6.33 Å². The van der Waals surface area contributed by atoms with E-state index in [9.17, 15) is 0 Å². The minimum absolute atomic E-state index is 0.175. The first kappa shape index (κ1) is 28.5. The van der Waals surface area contributed by atoms with Gasteiger partial charge in [-0.3, -0.25) is 4.57 Å². The number of rotatable bonds is 6. The van der Waals surface area contributed by atoms with Crippen LogP contribution in [0.15, 0.2) is 12.7 Å². The molecule has 1 unspecified atom stereocenters. The van der Waals surface area contributed by atoms with Gasteiger partial charge in [0.2, 0.25) is 0 Å². The summed E-state index contributed by atoms with van der Waals surface area (Å²) in [5.41, 5.74) is 7.95. The zero-order chi connectivity index (χ0) is 27.3. The van der Waals surface area contributed by atoms with Crippen LogP contribution < -0.4 is 5.73 Å². The molecule has 2 aromatic heterocycles. The Morgan fingerprint density at radius 1 is 1.03 bits per heavy atom. The number of nitrogen functional groups attached to an aromatic ring is 1. The summed E-state index contributed by atoms with van der Waals surface area (Å²) in [5, 5.41) is 0.403. The van der Waals surface area contributed by atoms with Crippen molar-refractivity contribution >= 4 is 51.4 Å². The van der Waals surface area contributed by atoms with Crippen molar-refractivity contribution < 1.29 is 22.4 Å². The molecule has 4 heterocycles. The normalized spacial score (nSPS) is 27.6. The number of ether oxygens (including phenoxy) is 2. The maximum atomic E-state index is 7.32. The Bertz CT molecular complexity index is 1110. The number of thiocarbonyl (C=S) groups is 1. The highest BCUT2D eigenvalue weighted by Crippen LogP contribution is 2.49. The standard InChI is InChI=1S/C24H41N5O5SSi2/c1-13(2)36(14(3)4)30-10-18-20(33-37(34-36,15(5)6)16(7)8)21(31-17(9)35)24(32-18)29-12-28-19-22(25)26-11-27-23(19)29/h11-16,18,20-21,24H,10H2,1-9H3,(H2,25,26,27)/t18-,20?,21-,24+/m1/s1. The second-order valence-electron chi connectivity index (χ2n) is 11.3. The van der Waals surface area contributed by atoms with Crippen LogP contribution in [0, 0.1) is 0 Å². The number of nitrogens with zero attached hydrogens (tertiary/aromatic N) is 4. The molecule has 4 atom stereocenters. The van der Waals surface area contributed by atoms with Crippen LogP contribution >= 0.6 is 12.2 Å². The first-order chi connectivity index (χ1) is 17.3. The van der Waals surface area contributed by atoms with Crippen LogP contribution in [0.3, 0.4) is 0 Å². The summed E-state index contributed by atoms with van der Waals surface area (Å²) >= 11 is 5.40. The van der Waals surface area contributed by atoms with E-state index in [4.69, 9.17) is 40.4 Å². The van der Waals surface area contributed by atoms with Crippen LogP contribution in [0.1, 0.15) is 68.5 Å². The van der Waals surface area contributed by atoms with E-state index in [0.717, 1.165) is 0 Å². The molecule has 0 radical (unpaired) electrons. The Balaban J connectivity index is 1.84. The number of hydrogen-bond acceptors (Lipinski definition) is 10. The summed E-state index contributed by atoms with van der Waals surface area (Å²) in [7, 11) is -5.57. The Kier molecular flexibility index (Phi) is 8.16. The molecule has 2 N–H and O–H groups in total. The molecular formula is C24H41N5O5SSi2. The topological polar surface area (TPSA) is 116 Å². The van der Waals surface area contributed by atoms with Crippen molar-refractivity contribution in [2.24, 2.45) is 0 Å². The van der Waals surface area contributed by atoms with Gasteiger partial charge in [-0.25, -0.2) is 15.0 Å². The molecule has 2 aliphatic rings. The van der Waals surface area contributed by atoms with Crippen LogP contribution in [0.5, 0.6) is 0 Å². The van der Waals surface area contributed by atoms with Crippen molar-refractivity contribution in [3.63, 3.8) is 0 Å². The lowest BCUT2D eigenvalue weighted by molar-refractivity contribution is -0.0564. The number of nitrogens with two attached hydrogens (primary N) is 1. The van der Waals surface area contributed by atoms with Crippen molar-refractivity contribution in [1.82, 2.24) is 19.5 Å². The van der Waals surface area contributed by atoms with Gasteiger partial charge < -0.3 is 28.2 Å². The zero-order valence-corrected chi connectivity index (χ0v) is 26.1. The Morgan fingerprint density at radius 3 is 2.22 bits per heavy atom. The highest BCUT2D eigenvalue weighted by atomic mass is 32.1. The Hall–Kier alpha value is -1.49. The Labute approximate surface area is 227 Å². The predicted molar refractivity (Wildman–Crippen MR) is 151 cm³/mol. The summed E-state index contributed by atoms with van der Waals surface area (Å²) in [6.45, 7) is 19.7. The van der Waals surface area contributed by atoms with E-state index < -0.39 is 41.7 Å². The van der Waals surface area contributed by atoms with Gasteiger partial charge in [0.1, 0.15) is 24.1 Å². The number of imidazole rings is 1. The third-order valence-electron chi connectivity index (χ3n) is 7.58. The van der Waals surface area contributed by atoms with Crippen molar-refractivity contribution in [3.8, 4) is 0 Å². The summed E-state index contributed by atoms with van der Waals surface area (Å²) in [4.78, 5) is 12.9. The maximum absolute atomic E-state index is 7.32. The second-order valence-corrected chi connectivity index (χ2v) is 20.7. The first-order valence-corrected chi connectivity index (χ1v) is 17.5. The summed E-state index contributed by atoms with van der Waals surface area (Å²) in [6, 6.07) is 0. The van der Waals surface area contributed by atoms with Gasteiger partial charge in [-0.15, -0.1) is 0 Å². The molecule has 2 fully saturated rings. The average Bonchev–Trinajstić information content (AvgIpc) is 3.35. The van der Waals surface area contributed by atoms with Crippen molar-refractivity contribution in [2.75, 3.05) is 12.3 Å². The second kappa shape index (κ2) is 10.6. The number of hydrogen-bond donors (Lipinski definition) is 1. The minimum Gasteiger partial charge on any atom is -0.477 e.